The molecular weight excluding hydrogens is 268 g/mol. The minimum absolute atomic E-state index is 0.488. The second kappa shape index (κ2) is 4.68. The van der Waals surface area contributed by atoms with Crippen LogP contribution in [0.1, 0.15) is 11.3 Å². The zero-order chi connectivity index (χ0) is 12.5. The highest BCUT2D eigenvalue weighted by Crippen LogP contribution is 2.25. The Labute approximate surface area is 114 Å². The van der Waals surface area contributed by atoms with Crippen molar-refractivity contribution in [3.05, 3.63) is 45.3 Å². The Morgan fingerprint density at radius 1 is 1.33 bits per heavy atom. The van der Waals surface area contributed by atoms with Gasteiger partial charge >= 0.3 is 0 Å². The summed E-state index contributed by atoms with van der Waals surface area (Å²) in [7, 11) is 0. The van der Waals surface area contributed by atoms with E-state index in [0.29, 0.717) is 9.79 Å². The van der Waals surface area contributed by atoms with Crippen LogP contribution in [0.4, 0.5) is 11.5 Å². The van der Waals surface area contributed by atoms with Crippen molar-refractivity contribution in [2.45, 2.75) is 13.1 Å². The molecule has 0 saturated carbocycles. The standard InChI is InChI=1S/C12H11ClN4S/c13-7-2-1-3-8(4-7)15-11-9-5-14-6-10(9)16-12(18)17-11/h1-4,14H,5-6H2,(H2,15,16,17,18). The Bertz CT molecular complexity index is 653. The molecule has 0 unspecified atom stereocenters. The van der Waals surface area contributed by atoms with Gasteiger partial charge in [0.25, 0.3) is 0 Å². The van der Waals surface area contributed by atoms with E-state index >= 15 is 0 Å². The molecule has 0 bridgehead atoms. The van der Waals surface area contributed by atoms with Crippen LogP contribution in [-0.2, 0) is 13.1 Å². The molecule has 2 aromatic rings. The summed E-state index contributed by atoms with van der Waals surface area (Å²) < 4.78 is 0.488. The number of aromatic amines is 1. The highest BCUT2D eigenvalue weighted by atomic mass is 35.5. The maximum absolute atomic E-state index is 5.96. The second-order valence-corrected chi connectivity index (χ2v) is 4.91. The molecule has 1 aromatic carbocycles. The molecule has 1 aliphatic rings. The largest absolute Gasteiger partial charge is 0.340 e. The molecule has 0 amide bonds. The predicted molar refractivity (Wildman–Crippen MR) is 74.7 cm³/mol. The monoisotopic (exact) mass is 278 g/mol. The molecule has 18 heavy (non-hydrogen) atoms. The lowest BCUT2D eigenvalue weighted by Crippen LogP contribution is -2.02. The lowest BCUT2D eigenvalue weighted by atomic mass is 10.2. The average Bonchev–Trinajstić information content (AvgIpc) is 2.77. The van der Waals surface area contributed by atoms with Gasteiger partial charge in [-0.05, 0) is 30.4 Å². The van der Waals surface area contributed by atoms with E-state index < -0.39 is 0 Å². The summed E-state index contributed by atoms with van der Waals surface area (Å²) in [5, 5.41) is 7.22. The van der Waals surface area contributed by atoms with E-state index in [0.717, 1.165) is 35.9 Å². The first-order valence-electron chi connectivity index (χ1n) is 5.58. The number of nitrogens with zero attached hydrogens (tertiary/aromatic N) is 1. The van der Waals surface area contributed by atoms with Crippen LogP contribution in [0.2, 0.25) is 5.02 Å². The Kier molecular flexibility index (Phi) is 3.03. The summed E-state index contributed by atoms with van der Waals surface area (Å²) in [5.74, 6) is 0.793. The highest BCUT2D eigenvalue weighted by molar-refractivity contribution is 7.71. The molecule has 0 aliphatic carbocycles. The molecule has 0 radical (unpaired) electrons. The zero-order valence-corrected chi connectivity index (χ0v) is 11.0. The third kappa shape index (κ3) is 2.25. The van der Waals surface area contributed by atoms with E-state index in [2.05, 4.69) is 20.6 Å². The van der Waals surface area contributed by atoms with Crippen LogP contribution in [-0.4, -0.2) is 9.97 Å². The molecular formula is C12H11ClN4S. The van der Waals surface area contributed by atoms with Crippen LogP contribution in [0, 0.1) is 4.77 Å². The number of fused-ring (bicyclic) bond motifs is 1. The van der Waals surface area contributed by atoms with Crippen LogP contribution in [0.25, 0.3) is 0 Å². The van der Waals surface area contributed by atoms with Crippen LogP contribution in [0.3, 0.4) is 0 Å². The lowest BCUT2D eigenvalue weighted by Gasteiger charge is -2.09. The Morgan fingerprint density at radius 2 is 2.22 bits per heavy atom. The van der Waals surface area contributed by atoms with Gasteiger partial charge in [-0.2, -0.15) is 0 Å². The molecule has 0 spiro atoms. The van der Waals surface area contributed by atoms with Gasteiger partial charge in [-0.3, -0.25) is 0 Å². The zero-order valence-electron chi connectivity index (χ0n) is 9.46. The first kappa shape index (κ1) is 11.6. The fraction of sp³-hybridized carbons (Fsp3) is 0.167. The number of nitrogens with one attached hydrogen (secondary N) is 3. The van der Waals surface area contributed by atoms with Crippen molar-refractivity contribution in [1.82, 2.24) is 15.3 Å². The van der Waals surface area contributed by atoms with E-state index in [-0.39, 0.29) is 0 Å². The highest BCUT2D eigenvalue weighted by Gasteiger charge is 2.16. The van der Waals surface area contributed by atoms with Crippen molar-refractivity contribution in [3.8, 4) is 0 Å². The average molecular weight is 279 g/mol. The fourth-order valence-corrected chi connectivity index (χ4v) is 2.41. The van der Waals surface area contributed by atoms with E-state index in [1.165, 1.54) is 0 Å². The third-order valence-electron chi connectivity index (χ3n) is 2.81. The predicted octanol–water partition coefficient (Wildman–Crippen LogP) is 3.14. The summed E-state index contributed by atoms with van der Waals surface area (Å²) in [6.07, 6.45) is 0. The molecule has 0 fully saturated rings. The summed E-state index contributed by atoms with van der Waals surface area (Å²) >= 11 is 11.1. The first-order chi connectivity index (χ1) is 8.72. The molecule has 4 nitrogen and oxygen atoms in total. The number of halogens is 1. The van der Waals surface area contributed by atoms with E-state index in [9.17, 15) is 0 Å². The van der Waals surface area contributed by atoms with Crippen LogP contribution in [0.15, 0.2) is 24.3 Å². The topological polar surface area (TPSA) is 52.7 Å². The molecule has 1 aliphatic heterocycles. The molecule has 3 rings (SSSR count). The number of aromatic nitrogens is 2. The van der Waals surface area contributed by atoms with Gasteiger partial charge in [-0.15, -0.1) is 0 Å². The van der Waals surface area contributed by atoms with Crippen molar-refractivity contribution < 1.29 is 0 Å². The quantitative estimate of drug-likeness (QED) is 0.739. The second-order valence-electron chi connectivity index (χ2n) is 4.09. The van der Waals surface area contributed by atoms with Gasteiger partial charge in [0.15, 0.2) is 4.77 Å². The van der Waals surface area contributed by atoms with Crippen molar-refractivity contribution in [3.63, 3.8) is 0 Å². The number of rotatable bonds is 2. The van der Waals surface area contributed by atoms with Gasteiger partial charge in [0.1, 0.15) is 5.82 Å². The van der Waals surface area contributed by atoms with Crippen molar-refractivity contribution in [2.75, 3.05) is 5.32 Å². The molecule has 2 heterocycles. The van der Waals surface area contributed by atoms with Gasteiger partial charge in [-0.1, -0.05) is 17.7 Å². The molecule has 0 saturated heterocycles. The minimum atomic E-state index is 0.488. The molecule has 0 atom stereocenters. The van der Waals surface area contributed by atoms with Crippen LogP contribution < -0.4 is 10.6 Å². The maximum Gasteiger partial charge on any atom is 0.199 e. The number of hydrogen-bond acceptors (Lipinski definition) is 4. The summed E-state index contributed by atoms with van der Waals surface area (Å²) in [6.45, 7) is 1.59. The number of H-pyrrole nitrogens is 1. The number of hydrogen-bond donors (Lipinski definition) is 3. The summed E-state index contributed by atoms with van der Waals surface area (Å²) in [5.41, 5.74) is 3.13. The molecule has 1 aromatic heterocycles. The molecule has 3 N–H and O–H groups in total. The van der Waals surface area contributed by atoms with Crippen LogP contribution in [0.5, 0.6) is 0 Å². The third-order valence-corrected chi connectivity index (χ3v) is 3.24. The van der Waals surface area contributed by atoms with Crippen molar-refractivity contribution >= 4 is 35.3 Å². The van der Waals surface area contributed by atoms with Crippen molar-refractivity contribution in [1.29, 1.82) is 0 Å². The fourth-order valence-electron chi connectivity index (χ4n) is 2.00. The number of anilines is 2. The van der Waals surface area contributed by atoms with E-state index in [1.807, 2.05) is 24.3 Å². The first-order valence-corrected chi connectivity index (χ1v) is 6.36. The Morgan fingerprint density at radius 3 is 3.06 bits per heavy atom. The van der Waals surface area contributed by atoms with Gasteiger partial charge < -0.3 is 15.6 Å². The van der Waals surface area contributed by atoms with Gasteiger partial charge in [0.2, 0.25) is 0 Å². The molecule has 92 valence electrons. The van der Waals surface area contributed by atoms with Crippen molar-refractivity contribution in [2.24, 2.45) is 0 Å². The van der Waals surface area contributed by atoms with Gasteiger partial charge in [0.05, 0.1) is 0 Å². The normalized spacial score (nSPS) is 13.4. The minimum Gasteiger partial charge on any atom is -0.340 e. The van der Waals surface area contributed by atoms with Gasteiger partial charge in [0, 0.05) is 35.1 Å². The molecule has 6 heteroatoms. The SMILES string of the molecule is S=c1nc(Nc2cccc(Cl)c2)c2c([nH]1)CNC2. The summed E-state index contributed by atoms with van der Waals surface area (Å²) in [6, 6.07) is 7.54. The Hall–Kier alpha value is -1.43. The van der Waals surface area contributed by atoms with E-state index in [1.54, 1.807) is 0 Å². The Balaban J connectivity index is 2.00. The summed E-state index contributed by atoms with van der Waals surface area (Å²) in [4.78, 5) is 7.44. The maximum atomic E-state index is 5.96. The number of benzene rings is 1. The smallest absolute Gasteiger partial charge is 0.199 e. The van der Waals surface area contributed by atoms with Crippen LogP contribution >= 0.6 is 23.8 Å². The van der Waals surface area contributed by atoms with Gasteiger partial charge in [-0.25, -0.2) is 4.98 Å². The van der Waals surface area contributed by atoms with E-state index in [4.69, 9.17) is 23.8 Å². The lowest BCUT2D eigenvalue weighted by molar-refractivity contribution is 0.757.